The van der Waals surface area contributed by atoms with E-state index in [1.165, 1.54) is 0 Å². The molecule has 0 radical (unpaired) electrons. The van der Waals surface area contributed by atoms with Gasteiger partial charge in [0, 0.05) is 43.4 Å². The molecule has 7 heteroatoms. The third-order valence-corrected chi connectivity index (χ3v) is 5.77. The molecule has 0 aromatic carbocycles. The van der Waals surface area contributed by atoms with Crippen LogP contribution in [0, 0.1) is 0 Å². The Morgan fingerprint density at radius 3 is 2.83 bits per heavy atom. The normalized spacial score (nSPS) is 17.2. The minimum atomic E-state index is -0.00227. The molecule has 0 spiro atoms. The molecule has 1 amide bonds. The molecule has 3 aromatic rings. The van der Waals surface area contributed by atoms with Crippen LogP contribution in [-0.2, 0) is 6.54 Å². The lowest BCUT2D eigenvalue weighted by Gasteiger charge is -2.35. The number of fused-ring (bicyclic) bond motifs is 1. The summed E-state index contributed by atoms with van der Waals surface area (Å²) in [5, 5.41) is 4.43. The standard InChI is InChI=1S/C22H28N6O/c1-3-26(4-2)15-17-12-24-21-19(14-25-28(21)16-17)22(29)27-11-6-5-9-20(27)18-8-7-10-23-13-18/h7-8,10,12-14,16,20H,3-6,9,11,15H2,1-2H3. The Hall–Kier alpha value is -2.80. The van der Waals surface area contributed by atoms with Crippen LogP contribution in [0.4, 0.5) is 0 Å². The number of likely N-dealkylation sites (tertiary alicyclic amines) is 1. The number of rotatable bonds is 6. The van der Waals surface area contributed by atoms with Gasteiger partial charge in [-0.15, -0.1) is 0 Å². The van der Waals surface area contributed by atoms with Gasteiger partial charge in [0.25, 0.3) is 5.91 Å². The van der Waals surface area contributed by atoms with E-state index in [0.29, 0.717) is 11.2 Å². The first kappa shape index (κ1) is 19.5. The highest BCUT2D eigenvalue weighted by atomic mass is 16.2. The van der Waals surface area contributed by atoms with E-state index in [4.69, 9.17) is 0 Å². The molecule has 152 valence electrons. The van der Waals surface area contributed by atoms with E-state index in [2.05, 4.69) is 39.9 Å². The number of carbonyl (C=O) groups excluding carboxylic acids is 1. The molecule has 4 heterocycles. The maximum Gasteiger partial charge on any atom is 0.259 e. The summed E-state index contributed by atoms with van der Waals surface area (Å²) in [6.07, 6.45) is 12.2. The fraction of sp³-hybridized carbons (Fsp3) is 0.455. The topological polar surface area (TPSA) is 66.6 Å². The van der Waals surface area contributed by atoms with Gasteiger partial charge in [0.1, 0.15) is 5.56 Å². The second-order valence-electron chi connectivity index (χ2n) is 7.55. The van der Waals surface area contributed by atoms with Crippen LogP contribution >= 0.6 is 0 Å². The molecular formula is C22H28N6O. The smallest absolute Gasteiger partial charge is 0.259 e. The molecule has 1 saturated heterocycles. The van der Waals surface area contributed by atoms with Crippen molar-refractivity contribution in [2.75, 3.05) is 19.6 Å². The maximum absolute atomic E-state index is 13.4. The van der Waals surface area contributed by atoms with Crippen molar-refractivity contribution in [2.45, 2.75) is 45.7 Å². The molecule has 3 aromatic heterocycles. The van der Waals surface area contributed by atoms with Gasteiger partial charge in [-0.1, -0.05) is 19.9 Å². The molecular weight excluding hydrogens is 364 g/mol. The summed E-state index contributed by atoms with van der Waals surface area (Å²) in [5.74, 6) is -0.00227. The Morgan fingerprint density at radius 2 is 2.07 bits per heavy atom. The van der Waals surface area contributed by atoms with Crippen LogP contribution in [0.3, 0.4) is 0 Å². The summed E-state index contributed by atoms with van der Waals surface area (Å²) in [5.41, 5.74) is 3.37. The Bertz CT molecular complexity index is 966. The van der Waals surface area contributed by atoms with Gasteiger partial charge >= 0.3 is 0 Å². The molecule has 1 unspecified atom stereocenters. The molecule has 7 nitrogen and oxygen atoms in total. The Kier molecular flexibility index (Phi) is 5.85. The summed E-state index contributed by atoms with van der Waals surface area (Å²) < 4.78 is 1.73. The Balaban J connectivity index is 1.61. The molecule has 0 N–H and O–H groups in total. The van der Waals surface area contributed by atoms with Gasteiger partial charge in [-0.3, -0.25) is 14.7 Å². The van der Waals surface area contributed by atoms with Crippen molar-refractivity contribution < 1.29 is 4.79 Å². The second kappa shape index (κ2) is 8.69. The molecule has 29 heavy (non-hydrogen) atoms. The van der Waals surface area contributed by atoms with Gasteiger partial charge in [-0.2, -0.15) is 5.10 Å². The molecule has 0 saturated carbocycles. The van der Waals surface area contributed by atoms with Gasteiger partial charge in [-0.05, 0) is 44.0 Å². The third kappa shape index (κ3) is 4.00. The van der Waals surface area contributed by atoms with E-state index < -0.39 is 0 Å². The molecule has 1 aliphatic heterocycles. The zero-order valence-corrected chi connectivity index (χ0v) is 17.2. The monoisotopic (exact) mass is 392 g/mol. The fourth-order valence-electron chi connectivity index (χ4n) is 4.10. The number of pyridine rings is 1. The van der Waals surface area contributed by atoms with Crippen molar-refractivity contribution >= 4 is 11.6 Å². The highest BCUT2D eigenvalue weighted by Crippen LogP contribution is 2.32. The zero-order valence-electron chi connectivity index (χ0n) is 17.2. The van der Waals surface area contributed by atoms with Crippen LogP contribution in [0.2, 0.25) is 0 Å². The van der Waals surface area contributed by atoms with E-state index in [1.807, 2.05) is 29.6 Å². The maximum atomic E-state index is 13.4. The molecule has 1 fully saturated rings. The SMILES string of the molecule is CCN(CC)Cc1cnc2c(C(=O)N3CCCCC3c3cccnc3)cnn2c1. The van der Waals surface area contributed by atoms with Gasteiger partial charge in [-0.25, -0.2) is 9.50 Å². The molecule has 0 aliphatic carbocycles. The van der Waals surface area contributed by atoms with E-state index in [1.54, 1.807) is 16.9 Å². The fourth-order valence-corrected chi connectivity index (χ4v) is 4.10. The number of nitrogens with zero attached hydrogens (tertiary/aromatic N) is 6. The van der Waals surface area contributed by atoms with Gasteiger partial charge in [0.05, 0.1) is 12.2 Å². The third-order valence-electron chi connectivity index (χ3n) is 5.77. The highest BCUT2D eigenvalue weighted by molar-refractivity contribution is 5.99. The number of amides is 1. The largest absolute Gasteiger partial charge is 0.331 e. The van der Waals surface area contributed by atoms with E-state index >= 15 is 0 Å². The average molecular weight is 393 g/mol. The molecule has 1 aliphatic rings. The summed E-state index contributed by atoms with van der Waals surface area (Å²) in [6.45, 7) is 7.85. The van der Waals surface area contributed by atoms with Crippen LogP contribution in [0.5, 0.6) is 0 Å². The number of hydrogen-bond acceptors (Lipinski definition) is 5. The van der Waals surface area contributed by atoms with Gasteiger partial charge < -0.3 is 4.90 Å². The van der Waals surface area contributed by atoms with Crippen molar-refractivity contribution in [1.82, 2.24) is 29.4 Å². The number of carbonyl (C=O) groups is 1. The lowest BCUT2D eigenvalue weighted by Crippen LogP contribution is -2.38. The van der Waals surface area contributed by atoms with Crippen LogP contribution in [-0.4, -0.2) is 54.9 Å². The van der Waals surface area contributed by atoms with Crippen molar-refractivity contribution in [1.29, 1.82) is 0 Å². The van der Waals surface area contributed by atoms with Crippen LogP contribution < -0.4 is 0 Å². The lowest BCUT2D eigenvalue weighted by atomic mass is 9.96. The summed E-state index contributed by atoms with van der Waals surface area (Å²) in [4.78, 5) is 26.5. The zero-order chi connectivity index (χ0) is 20.2. The number of piperidine rings is 1. The van der Waals surface area contributed by atoms with Gasteiger partial charge in [0.15, 0.2) is 5.65 Å². The summed E-state index contributed by atoms with van der Waals surface area (Å²) in [7, 11) is 0. The number of aromatic nitrogens is 4. The molecule has 0 bridgehead atoms. The van der Waals surface area contributed by atoms with Crippen LogP contribution in [0.15, 0.2) is 43.1 Å². The van der Waals surface area contributed by atoms with E-state index in [-0.39, 0.29) is 11.9 Å². The average Bonchev–Trinajstić information content (AvgIpc) is 3.21. The first-order chi connectivity index (χ1) is 14.2. The summed E-state index contributed by atoms with van der Waals surface area (Å²) in [6, 6.07) is 4.04. The van der Waals surface area contributed by atoms with Crippen molar-refractivity contribution in [3.63, 3.8) is 0 Å². The Labute approximate surface area is 171 Å². The highest BCUT2D eigenvalue weighted by Gasteiger charge is 2.30. The van der Waals surface area contributed by atoms with Crippen molar-refractivity contribution in [2.24, 2.45) is 0 Å². The van der Waals surface area contributed by atoms with E-state index in [9.17, 15) is 4.79 Å². The van der Waals surface area contributed by atoms with Crippen molar-refractivity contribution in [3.05, 3.63) is 59.8 Å². The molecule has 1 atom stereocenters. The molecule has 4 rings (SSSR count). The second-order valence-corrected chi connectivity index (χ2v) is 7.55. The van der Waals surface area contributed by atoms with Gasteiger partial charge in [0.2, 0.25) is 0 Å². The predicted octanol–water partition coefficient (Wildman–Crippen LogP) is 3.33. The van der Waals surface area contributed by atoms with Crippen LogP contribution in [0.25, 0.3) is 5.65 Å². The number of hydrogen-bond donors (Lipinski definition) is 0. The predicted molar refractivity (Wildman–Crippen MR) is 111 cm³/mol. The lowest BCUT2D eigenvalue weighted by molar-refractivity contribution is 0.0613. The first-order valence-corrected chi connectivity index (χ1v) is 10.5. The Morgan fingerprint density at radius 1 is 1.21 bits per heavy atom. The van der Waals surface area contributed by atoms with Crippen LogP contribution in [0.1, 0.15) is 60.6 Å². The van der Waals surface area contributed by atoms with E-state index in [0.717, 1.165) is 56.6 Å². The first-order valence-electron chi connectivity index (χ1n) is 10.5. The summed E-state index contributed by atoms with van der Waals surface area (Å²) >= 11 is 0. The minimum absolute atomic E-state index is 0.00227. The van der Waals surface area contributed by atoms with Crippen molar-refractivity contribution in [3.8, 4) is 0 Å². The quantitative estimate of drug-likeness (QED) is 0.644. The minimum Gasteiger partial charge on any atom is -0.331 e.